The Morgan fingerprint density at radius 2 is 1.71 bits per heavy atom. The number of likely N-dealkylation sites (tertiary alicyclic amines) is 1. The third kappa shape index (κ3) is 5.97. The molecule has 31 heavy (non-hydrogen) atoms. The van der Waals surface area contributed by atoms with Crippen LogP contribution in [-0.4, -0.2) is 48.2 Å². The summed E-state index contributed by atoms with van der Waals surface area (Å²) >= 11 is 0. The van der Waals surface area contributed by atoms with Crippen LogP contribution in [-0.2, 0) is 14.3 Å². The van der Waals surface area contributed by atoms with E-state index in [2.05, 4.69) is 5.32 Å². The van der Waals surface area contributed by atoms with E-state index in [0.717, 1.165) is 0 Å². The molecule has 7 nitrogen and oxygen atoms in total. The molecule has 0 saturated carbocycles. The average molecular weight is 426 g/mol. The van der Waals surface area contributed by atoms with Crippen molar-refractivity contribution in [1.29, 1.82) is 0 Å². The number of esters is 1. The van der Waals surface area contributed by atoms with Gasteiger partial charge in [-0.25, -0.2) is 4.39 Å². The molecule has 0 unspecified atom stereocenters. The highest BCUT2D eigenvalue weighted by Gasteiger charge is 2.29. The minimum Gasteiger partial charge on any atom is -0.455 e. The molecule has 0 aromatic heterocycles. The van der Waals surface area contributed by atoms with Crippen LogP contribution in [0.5, 0.6) is 0 Å². The van der Waals surface area contributed by atoms with Crippen LogP contribution in [0.2, 0.25) is 0 Å². The number of hydrogen-bond donors (Lipinski definition) is 1. The number of benzene rings is 2. The van der Waals surface area contributed by atoms with Crippen molar-refractivity contribution in [3.05, 3.63) is 65.5 Å². The van der Waals surface area contributed by atoms with Crippen molar-refractivity contribution in [2.75, 3.05) is 25.0 Å². The first kappa shape index (κ1) is 22.1. The molecule has 2 amide bonds. The molecule has 0 aliphatic carbocycles. The Hall–Kier alpha value is -3.55. The van der Waals surface area contributed by atoms with Gasteiger partial charge in [0.1, 0.15) is 5.82 Å². The van der Waals surface area contributed by atoms with Gasteiger partial charge in [-0.3, -0.25) is 19.2 Å². The Morgan fingerprint density at radius 3 is 2.35 bits per heavy atom. The maximum Gasteiger partial charge on any atom is 0.309 e. The van der Waals surface area contributed by atoms with Gasteiger partial charge < -0.3 is 15.0 Å². The van der Waals surface area contributed by atoms with E-state index >= 15 is 0 Å². The Labute approximate surface area is 179 Å². The van der Waals surface area contributed by atoms with Crippen molar-refractivity contribution in [1.82, 2.24) is 4.90 Å². The van der Waals surface area contributed by atoms with Gasteiger partial charge in [-0.15, -0.1) is 0 Å². The fourth-order valence-corrected chi connectivity index (χ4v) is 3.36. The number of halogens is 1. The summed E-state index contributed by atoms with van der Waals surface area (Å²) in [5.74, 6) is -2.12. The molecule has 8 heteroatoms. The standard InChI is InChI=1S/C23H23FN2O5/c1-15(27)18-3-2-4-20(13-18)25-21(28)14-31-23(30)17-9-11-26(12-10-17)22(29)16-5-7-19(24)8-6-16/h2-8,13,17H,9-12,14H2,1H3,(H,25,28). The van der Waals surface area contributed by atoms with E-state index in [1.165, 1.54) is 31.2 Å². The fraction of sp³-hybridized carbons (Fsp3) is 0.304. The van der Waals surface area contributed by atoms with Gasteiger partial charge in [-0.1, -0.05) is 12.1 Å². The van der Waals surface area contributed by atoms with Crippen molar-refractivity contribution in [2.45, 2.75) is 19.8 Å². The number of carbonyl (C=O) groups excluding carboxylic acids is 4. The molecule has 1 heterocycles. The number of hydrogen-bond acceptors (Lipinski definition) is 5. The maximum atomic E-state index is 13.0. The molecule has 162 valence electrons. The van der Waals surface area contributed by atoms with E-state index in [4.69, 9.17) is 4.74 Å². The molecule has 3 rings (SSSR count). The number of carbonyl (C=O) groups is 4. The van der Waals surface area contributed by atoms with E-state index in [0.29, 0.717) is 42.7 Å². The Morgan fingerprint density at radius 1 is 1.03 bits per heavy atom. The number of ether oxygens (including phenoxy) is 1. The smallest absolute Gasteiger partial charge is 0.309 e. The van der Waals surface area contributed by atoms with E-state index in [1.54, 1.807) is 29.2 Å². The molecule has 1 fully saturated rings. The zero-order valence-electron chi connectivity index (χ0n) is 17.1. The quantitative estimate of drug-likeness (QED) is 0.566. The largest absolute Gasteiger partial charge is 0.455 e. The lowest BCUT2D eigenvalue weighted by Crippen LogP contribution is -2.41. The number of amides is 2. The number of rotatable bonds is 6. The van der Waals surface area contributed by atoms with Crippen molar-refractivity contribution < 1.29 is 28.3 Å². The second kappa shape index (κ2) is 9.97. The maximum absolute atomic E-state index is 13.0. The molecule has 0 bridgehead atoms. The van der Waals surface area contributed by atoms with Crippen LogP contribution in [0, 0.1) is 11.7 Å². The molecule has 1 aliphatic rings. The van der Waals surface area contributed by atoms with Gasteiger partial charge in [-0.2, -0.15) is 0 Å². The Kier molecular flexibility index (Phi) is 7.12. The van der Waals surface area contributed by atoms with E-state index < -0.39 is 30.2 Å². The number of anilines is 1. The molecule has 1 saturated heterocycles. The molecule has 2 aromatic rings. The van der Waals surface area contributed by atoms with Gasteiger partial charge in [-0.05, 0) is 56.2 Å². The number of nitrogens with zero attached hydrogens (tertiary/aromatic N) is 1. The summed E-state index contributed by atoms with van der Waals surface area (Å²) in [6, 6.07) is 11.8. The van der Waals surface area contributed by atoms with Crippen LogP contribution in [0.25, 0.3) is 0 Å². The van der Waals surface area contributed by atoms with E-state index in [9.17, 15) is 23.6 Å². The second-order valence-electron chi connectivity index (χ2n) is 7.37. The van der Waals surface area contributed by atoms with Crippen LogP contribution in [0.15, 0.2) is 48.5 Å². The summed E-state index contributed by atoms with van der Waals surface area (Å²) in [6.45, 7) is 1.75. The van der Waals surface area contributed by atoms with Crippen LogP contribution in [0.1, 0.15) is 40.5 Å². The number of nitrogens with one attached hydrogen (secondary N) is 1. The molecule has 2 aromatic carbocycles. The third-order valence-electron chi connectivity index (χ3n) is 5.11. The molecule has 0 radical (unpaired) electrons. The summed E-state index contributed by atoms with van der Waals surface area (Å²) in [7, 11) is 0. The molecule has 1 N–H and O–H groups in total. The highest BCUT2D eigenvalue weighted by atomic mass is 19.1. The molecular weight excluding hydrogens is 403 g/mol. The highest BCUT2D eigenvalue weighted by molar-refractivity contribution is 5.97. The van der Waals surface area contributed by atoms with Gasteiger partial charge in [0.25, 0.3) is 11.8 Å². The Balaban J connectivity index is 1.44. The number of ketones is 1. The fourth-order valence-electron chi connectivity index (χ4n) is 3.36. The minimum atomic E-state index is -0.502. The summed E-state index contributed by atoms with van der Waals surface area (Å²) in [6.07, 6.45) is 0.849. The molecule has 0 spiro atoms. The summed E-state index contributed by atoms with van der Waals surface area (Å²) in [4.78, 5) is 49.8. The zero-order valence-corrected chi connectivity index (χ0v) is 17.1. The summed E-state index contributed by atoms with van der Waals surface area (Å²) < 4.78 is 18.1. The van der Waals surface area contributed by atoms with Crippen molar-refractivity contribution in [2.24, 2.45) is 5.92 Å². The first-order chi connectivity index (χ1) is 14.8. The molecular formula is C23H23FN2O5. The van der Waals surface area contributed by atoms with Crippen molar-refractivity contribution >= 4 is 29.3 Å². The first-order valence-electron chi connectivity index (χ1n) is 9.96. The molecule has 0 atom stereocenters. The van der Waals surface area contributed by atoms with Gasteiger partial charge in [0.05, 0.1) is 5.92 Å². The highest BCUT2D eigenvalue weighted by Crippen LogP contribution is 2.21. The van der Waals surface area contributed by atoms with Gasteiger partial charge in [0.15, 0.2) is 12.4 Å². The minimum absolute atomic E-state index is 0.119. The van der Waals surface area contributed by atoms with Crippen LogP contribution in [0.3, 0.4) is 0 Å². The van der Waals surface area contributed by atoms with E-state index in [1.807, 2.05) is 0 Å². The second-order valence-corrected chi connectivity index (χ2v) is 7.37. The SMILES string of the molecule is CC(=O)c1cccc(NC(=O)COC(=O)C2CCN(C(=O)c3ccc(F)cc3)CC2)c1. The average Bonchev–Trinajstić information content (AvgIpc) is 2.78. The van der Waals surface area contributed by atoms with Gasteiger partial charge in [0.2, 0.25) is 0 Å². The van der Waals surface area contributed by atoms with E-state index in [-0.39, 0.29) is 11.7 Å². The predicted molar refractivity (Wildman–Crippen MR) is 111 cm³/mol. The lowest BCUT2D eigenvalue weighted by atomic mass is 9.96. The zero-order chi connectivity index (χ0) is 22.4. The lowest BCUT2D eigenvalue weighted by molar-refractivity contribution is -0.152. The summed E-state index contributed by atoms with van der Waals surface area (Å²) in [5.41, 5.74) is 1.31. The van der Waals surface area contributed by atoms with Crippen LogP contribution >= 0.6 is 0 Å². The van der Waals surface area contributed by atoms with Crippen LogP contribution in [0.4, 0.5) is 10.1 Å². The number of piperidine rings is 1. The first-order valence-corrected chi connectivity index (χ1v) is 9.96. The van der Waals surface area contributed by atoms with Crippen molar-refractivity contribution in [3.63, 3.8) is 0 Å². The normalized spacial score (nSPS) is 14.1. The topological polar surface area (TPSA) is 92.8 Å². The predicted octanol–water partition coefficient (Wildman–Crippen LogP) is 3.06. The van der Waals surface area contributed by atoms with Gasteiger partial charge >= 0.3 is 5.97 Å². The van der Waals surface area contributed by atoms with Crippen molar-refractivity contribution in [3.8, 4) is 0 Å². The third-order valence-corrected chi connectivity index (χ3v) is 5.11. The monoisotopic (exact) mass is 426 g/mol. The van der Waals surface area contributed by atoms with Crippen LogP contribution < -0.4 is 5.32 Å². The Bertz CT molecular complexity index is 982. The summed E-state index contributed by atoms with van der Waals surface area (Å²) in [5, 5.41) is 2.59. The molecule has 1 aliphatic heterocycles. The lowest BCUT2D eigenvalue weighted by Gasteiger charge is -2.31. The van der Waals surface area contributed by atoms with Gasteiger partial charge in [0, 0.05) is 29.9 Å². The number of Topliss-reactive ketones (excluding diaryl/α,β-unsaturated/α-hetero) is 1.